The first kappa shape index (κ1) is 13.9. The van der Waals surface area contributed by atoms with Crippen LogP contribution >= 0.6 is 11.3 Å². The smallest absolute Gasteiger partial charge is 0.268 e. The Hall–Kier alpha value is -2.09. The number of hydrogen-bond acceptors (Lipinski definition) is 3. The van der Waals surface area contributed by atoms with E-state index in [4.69, 9.17) is 5.11 Å². The van der Waals surface area contributed by atoms with E-state index in [1.807, 2.05) is 35.2 Å². The predicted molar refractivity (Wildman–Crippen MR) is 84.7 cm³/mol. The summed E-state index contributed by atoms with van der Waals surface area (Å²) in [5.41, 5.74) is 2.25. The van der Waals surface area contributed by atoms with E-state index in [-0.39, 0.29) is 12.5 Å². The molecule has 1 aromatic carbocycles. The maximum atomic E-state index is 12.7. The van der Waals surface area contributed by atoms with Crippen LogP contribution in [0.4, 0.5) is 5.69 Å². The molecule has 1 aliphatic heterocycles. The van der Waals surface area contributed by atoms with Crippen molar-refractivity contribution in [1.82, 2.24) is 0 Å². The van der Waals surface area contributed by atoms with Crippen LogP contribution in [-0.2, 0) is 6.42 Å². The second-order valence-corrected chi connectivity index (χ2v) is 5.90. The Kier molecular flexibility index (Phi) is 4.05. The van der Waals surface area contributed by atoms with Crippen LogP contribution in [-0.4, -0.2) is 24.2 Å². The van der Waals surface area contributed by atoms with Crippen molar-refractivity contribution in [2.24, 2.45) is 0 Å². The van der Waals surface area contributed by atoms with Gasteiger partial charge in [-0.25, -0.2) is 0 Å². The zero-order valence-electron chi connectivity index (χ0n) is 11.5. The molecule has 1 aliphatic rings. The lowest BCUT2D eigenvalue weighted by molar-refractivity contribution is 0.0989. The molecule has 1 aromatic heterocycles. The molecular weight excluding hydrogens is 282 g/mol. The van der Waals surface area contributed by atoms with Gasteiger partial charge in [-0.1, -0.05) is 30.0 Å². The van der Waals surface area contributed by atoms with E-state index in [1.165, 1.54) is 16.9 Å². The number of para-hydroxylation sites is 1. The summed E-state index contributed by atoms with van der Waals surface area (Å²) in [6, 6.07) is 11.7. The summed E-state index contributed by atoms with van der Waals surface area (Å²) in [4.78, 5) is 16.0. The number of thiophene rings is 1. The molecule has 0 aliphatic carbocycles. The minimum absolute atomic E-state index is 0.0317. The number of hydrogen-bond donors (Lipinski definition) is 1. The number of benzene rings is 1. The summed E-state index contributed by atoms with van der Waals surface area (Å²) in [5.74, 6) is 5.47. The summed E-state index contributed by atoms with van der Waals surface area (Å²) >= 11 is 1.37. The topological polar surface area (TPSA) is 40.5 Å². The summed E-state index contributed by atoms with van der Waals surface area (Å²) in [6.45, 7) is 0.589. The minimum atomic E-state index is -0.166. The molecule has 0 bridgehead atoms. The van der Waals surface area contributed by atoms with Crippen molar-refractivity contribution in [2.75, 3.05) is 18.1 Å². The number of fused-ring (bicyclic) bond motifs is 1. The molecule has 0 saturated carbocycles. The molecule has 1 N–H and O–H groups in total. The van der Waals surface area contributed by atoms with Crippen LogP contribution in [0, 0.1) is 11.8 Å². The fourth-order valence-electron chi connectivity index (χ4n) is 2.52. The third-order valence-electron chi connectivity index (χ3n) is 3.46. The van der Waals surface area contributed by atoms with Crippen molar-refractivity contribution >= 4 is 22.9 Å². The zero-order valence-corrected chi connectivity index (χ0v) is 12.3. The highest BCUT2D eigenvalue weighted by atomic mass is 32.1. The summed E-state index contributed by atoms with van der Waals surface area (Å²) in [7, 11) is 0. The van der Waals surface area contributed by atoms with Crippen molar-refractivity contribution in [1.29, 1.82) is 0 Å². The lowest BCUT2D eigenvalue weighted by Gasteiger charge is -2.29. The van der Waals surface area contributed by atoms with E-state index < -0.39 is 0 Å². The van der Waals surface area contributed by atoms with Gasteiger partial charge in [-0.15, -0.1) is 11.3 Å². The van der Waals surface area contributed by atoms with E-state index in [1.54, 1.807) is 0 Å². The van der Waals surface area contributed by atoms with Crippen LogP contribution in [0.25, 0.3) is 0 Å². The zero-order chi connectivity index (χ0) is 14.7. The normalized spacial score (nSPS) is 13.3. The van der Waals surface area contributed by atoms with Crippen LogP contribution in [0.1, 0.15) is 26.5 Å². The van der Waals surface area contributed by atoms with Crippen LogP contribution in [0.15, 0.2) is 36.4 Å². The number of rotatable bonds is 1. The average molecular weight is 297 g/mol. The van der Waals surface area contributed by atoms with Gasteiger partial charge in [0.25, 0.3) is 5.91 Å². The molecule has 2 heterocycles. The molecule has 0 saturated heterocycles. The number of aryl methyl sites for hydroxylation is 1. The maximum absolute atomic E-state index is 12.7. The number of aliphatic hydroxyl groups is 1. The number of amides is 1. The van der Waals surface area contributed by atoms with E-state index in [0.29, 0.717) is 4.88 Å². The lowest BCUT2D eigenvalue weighted by atomic mass is 10.0. The van der Waals surface area contributed by atoms with Gasteiger partial charge in [0.05, 0.1) is 9.75 Å². The van der Waals surface area contributed by atoms with Crippen LogP contribution < -0.4 is 4.90 Å². The second kappa shape index (κ2) is 6.13. The van der Waals surface area contributed by atoms with Crippen LogP contribution in [0.2, 0.25) is 0 Å². The van der Waals surface area contributed by atoms with E-state index in [2.05, 4.69) is 17.9 Å². The number of anilines is 1. The fourth-order valence-corrected chi connectivity index (χ4v) is 3.35. The van der Waals surface area contributed by atoms with Gasteiger partial charge in [-0.3, -0.25) is 4.79 Å². The molecule has 0 atom stereocenters. The molecule has 3 rings (SSSR count). The Bertz CT molecular complexity index is 724. The third-order valence-corrected chi connectivity index (χ3v) is 4.45. The molecule has 0 fully saturated rings. The van der Waals surface area contributed by atoms with Crippen molar-refractivity contribution in [2.45, 2.75) is 12.8 Å². The Morgan fingerprint density at radius 3 is 3.00 bits per heavy atom. The molecule has 1 amide bonds. The monoisotopic (exact) mass is 297 g/mol. The summed E-state index contributed by atoms with van der Waals surface area (Å²) < 4.78 is 0. The maximum Gasteiger partial charge on any atom is 0.268 e. The SMILES string of the molecule is O=C(c1ccc(C#CCO)s1)N1CCCc2ccccc21. The van der Waals surface area contributed by atoms with Gasteiger partial charge in [-0.05, 0) is 36.6 Å². The Balaban J connectivity index is 1.88. The van der Waals surface area contributed by atoms with E-state index in [0.717, 1.165) is 30.0 Å². The van der Waals surface area contributed by atoms with Crippen molar-refractivity contribution in [3.05, 3.63) is 51.7 Å². The molecule has 2 aromatic rings. The molecule has 0 radical (unpaired) electrons. The third kappa shape index (κ3) is 2.85. The second-order valence-electron chi connectivity index (χ2n) is 4.81. The highest BCUT2D eigenvalue weighted by Gasteiger charge is 2.24. The Labute approximate surface area is 127 Å². The highest BCUT2D eigenvalue weighted by Crippen LogP contribution is 2.29. The van der Waals surface area contributed by atoms with Crippen molar-refractivity contribution in [3.63, 3.8) is 0 Å². The highest BCUT2D eigenvalue weighted by molar-refractivity contribution is 7.14. The summed E-state index contributed by atoms with van der Waals surface area (Å²) in [6.07, 6.45) is 2.02. The number of aliphatic hydroxyl groups excluding tert-OH is 1. The number of carbonyl (C=O) groups excluding carboxylic acids is 1. The van der Waals surface area contributed by atoms with E-state index >= 15 is 0 Å². The van der Waals surface area contributed by atoms with Crippen LogP contribution in [0.3, 0.4) is 0 Å². The first-order chi connectivity index (χ1) is 10.3. The van der Waals surface area contributed by atoms with Gasteiger partial charge >= 0.3 is 0 Å². The van der Waals surface area contributed by atoms with E-state index in [9.17, 15) is 4.79 Å². The quantitative estimate of drug-likeness (QED) is 0.822. The first-order valence-corrected chi connectivity index (χ1v) is 7.70. The van der Waals surface area contributed by atoms with Crippen molar-refractivity contribution < 1.29 is 9.90 Å². The minimum Gasteiger partial charge on any atom is -0.384 e. The fraction of sp³-hybridized carbons (Fsp3) is 0.235. The Morgan fingerprint density at radius 2 is 2.14 bits per heavy atom. The van der Waals surface area contributed by atoms with Gasteiger partial charge in [0.2, 0.25) is 0 Å². The lowest BCUT2D eigenvalue weighted by Crippen LogP contribution is -2.34. The largest absolute Gasteiger partial charge is 0.384 e. The molecule has 0 spiro atoms. The molecule has 3 nitrogen and oxygen atoms in total. The molecule has 106 valence electrons. The molecule has 21 heavy (non-hydrogen) atoms. The van der Waals surface area contributed by atoms with Crippen molar-refractivity contribution in [3.8, 4) is 11.8 Å². The van der Waals surface area contributed by atoms with Gasteiger partial charge in [-0.2, -0.15) is 0 Å². The molecule has 4 heteroatoms. The predicted octanol–water partition coefficient (Wildman–Crippen LogP) is 2.68. The summed E-state index contributed by atoms with van der Waals surface area (Å²) in [5, 5.41) is 8.71. The average Bonchev–Trinajstić information content (AvgIpc) is 3.00. The first-order valence-electron chi connectivity index (χ1n) is 6.89. The van der Waals surface area contributed by atoms with Crippen LogP contribution in [0.5, 0.6) is 0 Å². The number of carbonyl (C=O) groups is 1. The number of nitrogens with zero attached hydrogens (tertiary/aromatic N) is 1. The van der Waals surface area contributed by atoms with Gasteiger partial charge in [0, 0.05) is 12.2 Å². The standard InChI is InChI=1S/C17H15NO2S/c19-12-4-7-14-9-10-16(21-14)17(20)18-11-3-6-13-5-1-2-8-15(13)18/h1-2,5,8-10,19H,3,6,11-12H2. The molecular formula is C17H15NO2S. The Morgan fingerprint density at radius 1 is 1.29 bits per heavy atom. The van der Waals surface area contributed by atoms with Gasteiger partial charge in [0.1, 0.15) is 6.61 Å². The molecule has 0 unspecified atom stereocenters. The van der Waals surface area contributed by atoms with Gasteiger partial charge in [0.15, 0.2) is 0 Å². The van der Waals surface area contributed by atoms with Gasteiger partial charge < -0.3 is 10.0 Å².